The number of aryl methyl sites for hydroxylation is 2. The van der Waals surface area contributed by atoms with Crippen LogP contribution < -0.4 is 0 Å². The lowest BCUT2D eigenvalue weighted by atomic mass is 9.90. The molecule has 0 N–H and O–H groups in total. The third kappa shape index (κ3) is 4.11. The highest BCUT2D eigenvalue weighted by Gasteiger charge is 2.33. The summed E-state index contributed by atoms with van der Waals surface area (Å²) in [6, 6.07) is 9.40. The maximum Gasteiger partial charge on any atom is 0.416 e. The highest BCUT2D eigenvalue weighted by atomic mass is 19.4. The van der Waals surface area contributed by atoms with E-state index in [1.807, 2.05) is 24.2 Å². The molecule has 0 bridgehead atoms. The summed E-state index contributed by atoms with van der Waals surface area (Å²) in [5, 5.41) is 0. The predicted molar refractivity (Wildman–Crippen MR) is 93.8 cm³/mol. The van der Waals surface area contributed by atoms with Gasteiger partial charge in [-0.2, -0.15) is 13.2 Å². The highest BCUT2D eigenvalue weighted by molar-refractivity contribution is 5.92. The SMILES string of the molecule is Cn1cccc1C(=O)N1CCC[C@@H](CCc2ccccc2C(F)(F)F)C1. The molecular formula is C20H23F3N2O. The Morgan fingerprint density at radius 1 is 1.19 bits per heavy atom. The first kappa shape index (κ1) is 18.5. The van der Waals surface area contributed by atoms with Crippen LogP contribution in [0.3, 0.4) is 0 Å². The van der Waals surface area contributed by atoms with Crippen molar-refractivity contribution in [1.82, 2.24) is 9.47 Å². The van der Waals surface area contributed by atoms with Gasteiger partial charge in [-0.25, -0.2) is 0 Å². The zero-order valence-corrected chi connectivity index (χ0v) is 14.8. The lowest BCUT2D eigenvalue weighted by Gasteiger charge is -2.33. The lowest BCUT2D eigenvalue weighted by molar-refractivity contribution is -0.138. The van der Waals surface area contributed by atoms with E-state index >= 15 is 0 Å². The van der Waals surface area contributed by atoms with Crippen LogP contribution in [0.15, 0.2) is 42.6 Å². The van der Waals surface area contributed by atoms with Gasteiger partial charge in [0, 0.05) is 26.3 Å². The molecule has 2 heterocycles. The van der Waals surface area contributed by atoms with E-state index in [1.165, 1.54) is 6.07 Å². The molecule has 0 unspecified atom stereocenters. The standard InChI is InChI=1S/C20H23F3N2O/c1-24-12-5-9-18(24)19(26)25-13-4-6-15(14-25)10-11-16-7-2-3-8-17(16)20(21,22)23/h2-3,5,7-9,12,15H,4,6,10-11,13-14H2,1H3/t15-/m0/s1. The highest BCUT2D eigenvalue weighted by Crippen LogP contribution is 2.33. The van der Waals surface area contributed by atoms with Gasteiger partial charge >= 0.3 is 6.18 Å². The minimum Gasteiger partial charge on any atom is -0.347 e. The molecule has 0 saturated carbocycles. The van der Waals surface area contributed by atoms with E-state index in [-0.39, 0.29) is 11.8 Å². The van der Waals surface area contributed by atoms with Crippen molar-refractivity contribution in [3.8, 4) is 0 Å². The van der Waals surface area contributed by atoms with Gasteiger partial charge in [-0.3, -0.25) is 4.79 Å². The van der Waals surface area contributed by atoms with E-state index in [4.69, 9.17) is 0 Å². The first-order valence-electron chi connectivity index (χ1n) is 8.92. The Morgan fingerprint density at radius 2 is 1.96 bits per heavy atom. The Hall–Kier alpha value is -2.24. The van der Waals surface area contributed by atoms with Crippen molar-refractivity contribution in [2.75, 3.05) is 13.1 Å². The number of rotatable bonds is 4. The molecule has 1 atom stereocenters. The molecule has 0 spiro atoms. The fourth-order valence-corrected chi connectivity index (χ4v) is 3.70. The summed E-state index contributed by atoms with van der Waals surface area (Å²) in [6.45, 7) is 1.32. The van der Waals surface area contributed by atoms with Gasteiger partial charge in [-0.15, -0.1) is 0 Å². The molecule has 26 heavy (non-hydrogen) atoms. The maximum atomic E-state index is 13.1. The summed E-state index contributed by atoms with van der Waals surface area (Å²) in [5.41, 5.74) is 0.437. The molecule has 1 aliphatic heterocycles. The van der Waals surface area contributed by atoms with Crippen molar-refractivity contribution in [2.24, 2.45) is 13.0 Å². The average Bonchev–Trinajstić information content (AvgIpc) is 3.05. The van der Waals surface area contributed by atoms with Crippen LogP contribution in [0, 0.1) is 5.92 Å². The molecule has 0 aliphatic carbocycles. The fourth-order valence-electron chi connectivity index (χ4n) is 3.70. The van der Waals surface area contributed by atoms with Crippen molar-refractivity contribution in [3.63, 3.8) is 0 Å². The van der Waals surface area contributed by atoms with Crippen LogP contribution in [0.25, 0.3) is 0 Å². The van der Waals surface area contributed by atoms with Gasteiger partial charge in [0.1, 0.15) is 5.69 Å². The topological polar surface area (TPSA) is 25.2 Å². The van der Waals surface area contributed by atoms with Crippen molar-refractivity contribution in [3.05, 3.63) is 59.4 Å². The zero-order chi connectivity index (χ0) is 18.7. The third-order valence-electron chi connectivity index (χ3n) is 5.11. The number of alkyl halides is 3. The molecule has 2 aromatic rings. The first-order chi connectivity index (χ1) is 12.4. The van der Waals surface area contributed by atoms with Crippen molar-refractivity contribution in [1.29, 1.82) is 0 Å². The van der Waals surface area contributed by atoms with Crippen LogP contribution in [0.1, 0.15) is 40.9 Å². The van der Waals surface area contributed by atoms with Gasteiger partial charge in [0.05, 0.1) is 5.56 Å². The number of amides is 1. The molecule has 3 rings (SSSR count). The normalized spacial score (nSPS) is 18.2. The van der Waals surface area contributed by atoms with Gasteiger partial charge in [0.2, 0.25) is 0 Å². The van der Waals surface area contributed by atoms with Gasteiger partial charge < -0.3 is 9.47 Å². The minimum absolute atomic E-state index is 0.00195. The lowest BCUT2D eigenvalue weighted by Crippen LogP contribution is -2.40. The molecule has 1 aliphatic rings. The summed E-state index contributed by atoms with van der Waals surface area (Å²) in [4.78, 5) is 14.5. The first-order valence-corrected chi connectivity index (χ1v) is 8.92. The number of hydrogen-bond acceptors (Lipinski definition) is 1. The Labute approximate surface area is 151 Å². The summed E-state index contributed by atoms with van der Waals surface area (Å²) in [5.74, 6) is 0.229. The Morgan fingerprint density at radius 3 is 2.65 bits per heavy atom. The molecule has 1 saturated heterocycles. The number of benzene rings is 1. The molecule has 1 aromatic carbocycles. The van der Waals surface area contributed by atoms with Crippen LogP contribution in [-0.4, -0.2) is 28.5 Å². The van der Waals surface area contributed by atoms with Gasteiger partial charge in [0.15, 0.2) is 0 Å². The maximum absolute atomic E-state index is 13.1. The number of piperidine rings is 1. The smallest absolute Gasteiger partial charge is 0.347 e. The van der Waals surface area contributed by atoms with Crippen molar-refractivity contribution in [2.45, 2.75) is 31.9 Å². The number of halogens is 3. The minimum atomic E-state index is -4.32. The Balaban J connectivity index is 1.63. The van der Waals surface area contributed by atoms with Gasteiger partial charge in [-0.1, -0.05) is 18.2 Å². The number of aromatic nitrogens is 1. The number of nitrogens with zero attached hydrogens (tertiary/aromatic N) is 2. The van der Waals surface area contributed by atoms with E-state index in [0.717, 1.165) is 18.9 Å². The molecule has 1 amide bonds. The summed E-state index contributed by atoms with van der Waals surface area (Å²) >= 11 is 0. The van der Waals surface area contributed by atoms with Crippen LogP contribution in [0.5, 0.6) is 0 Å². The fraction of sp³-hybridized carbons (Fsp3) is 0.450. The molecule has 0 radical (unpaired) electrons. The van der Waals surface area contributed by atoms with Gasteiger partial charge in [-0.05, 0) is 55.4 Å². The van der Waals surface area contributed by atoms with Crippen molar-refractivity contribution < 1.29 is 18.0 Å². The number of carbonyl (C=O) groups excluding carboxylic acids is 1. The zero-order valence-electron chi connectivity index (χ0n) is 14.8. The Kier molecular flexibility index (Phi) is 5.39. The van der Waals surface area contributed by atoms with E-state index < -0.39 is 11.7 Å². The van der Waals surface area contributed by atoms with E-state index in [0.29, 0.717) is 37.2 Å². The van der Waals surface area contributed by atoms with Gasteiger partial charge in [0.25, 0.3) is 5.91 Å². The molecule has 1 aromatic heterocycles. The number of carbonyl (C=O) groups is 1. The van der Waals surface area contributed by atoms with Crippen LogP contribution >= 0.6 is 0 Å². The average molecular weight is 364 g/mol. The van der Waals surface area contributed by atoms with E-state index in [9.17, 15) is 18.0 Å². The second-order valence-electron chi connectivity index (χ2n) is 6.96. The van der Waals surface area contributed by atoms with Crippen molar-refractivity contribution >= 4 is 5.91 Å². The monoisotopic (exact) mass is 364 g/mol. The largest absolute Gasteiger partial charge is 0.416 e. The second kappa shape index (κ2) is 7.56. The van der Waals surface area contributed by atoms with Crippen LogP contribution in [0.4, 0.5) is 13.2 Å². The molecular weight excluding hydrogens is 341 g/mol. The molecule has 3 nitrogen and oxygen atoms in total. The number of hydrogen-bond donors (Lipinski definition) is 0. The second-order valence-corrected chi connectivity index (χ2v) is 6.96. The molecule has 6 heteroatoms. The third-order valence-corrected chi connectivity index (χ3v) is 5.11. The summed E-state index contributed by atoms with van der Waals surface area (Å²) < 4.78 is 41.2. The van der Waals surface area contributed by atoms with E-state index in [1.54, 1.807) is 22.8 Å². The molecule has 1 fully saturated rings. The molecule has 140 valence electrons. The summed E-state index contributed by atoms with van der Waals surface area (Å²) in [6.07, 6.45) is 0.393. The van der Waals surface area contributed by atoms with Crippen LogP contribution in [0.2, 0.25) is 0 Å². The predicted octanol–water partition coefficient (Wildman–Crippen LogP) is 4.53. The van der Waals surface area contributed by atoms with Crippen LogP contribution in [-0.2, 0) is 19.6 Å². The number of likely N-dealkylation sites (tertiary alicyclic amines) is 1. The summed E-state index contributed by atoms with van der Waals surface area (Å²) in [7, 11) is 1.84. The quantitative estimate of drug-likeness (QED) is 0.783. The Bertz CT molecular complexity index is 766. The van der Waals surface area contributed by atoms with E-state index in [2.05, 4.69) is 0 Å².